The lowest BCUT2D eigenvalue weighted by Gasteiger charge is -2.36. The Morgan fingerprint density at radius 3 is 2.54 bits per heavy atom. The van der Waals surface area contributed by atoms with Crippen molar-refractivity contribution in [2.24, 2.45) is 10.7 Å². The van der Waals surface area contributed by atoms with Crippen molar-refractivity contribution in [3.8, 4) is 5.75 Å². The van der Waals surface area contributed by atoms with Crippen LogP contribution in [-0.2, 0) is 0 Å². The molecule has 1 saturated heterocycles. The fourth-order valence-corrected chi connectivity index (χ4v) is 2.78. The molecule has 1 aromatic carbocycles. The number of methoxy groups -OCH3 is 1. The fourth-order valence-electron chi connectivity index (χ4n) is 2.78. The molecule has 2 N–H and O–H groups in total. The summed E-state index contributed by atoms with van der Waals surface area (Å²) in [6, 6.07) is 10.8. The van der Waals surface area contributed by atoms with Gasteiger partial charge in [-0.3, -0.25) is 10.1 Å². The van der Waals surface area contributed by atoms with E-state index in [9.17, 15) is 10.1 Å². The van der Waals surface area contributed by atoms with Crippen molar-refractivity contribution in [1.29, 1.82) is 0 Å². The Labute approximate surface area is 150 Å². The van der Waals surface area contributed by atoms with Gasteiger partial charge in [-0.25, -0.2) is 4.98 Å². The molecule has 136 valence electrons. The van der Waals surface area contributed by atoms with Crippen LogP contribution in [0.15, 0.2) is 47.6 Å². The standard InChI is InChI=1S/C17H20N6O3/c1-26-14-6-4-13(5-7-14)21-9-11-22(12-10-21)17(18)20-16-15(23(24)25)3-2-8-19-16/h2-8H,9-12H2,1H3,(H2,18,19,20). The van der Waals surface area contributed by atoms with Crippen molar-refractivity contribution in [2.75, 3.05) is 38.2 Å². The zero-order valence-electron chi connectivity index (χ0n) is 14.4. The lowest BCUT2D eigenvalue weighted by molar-refractivity contribution is -0.384. The van der Waals surface area contributed by atoms with E-state index in [-0.39, 0.29) is 17.5 Å². The first-order valence-corrected chi connectivity index (χ1v) is 8.16. The molecule has 1 aliphatic rings. The number of anilines is 1. The maximum absolute atomic E-state index is 11.1. The first-order chi connectivity index (χ1) is 12.6. The summed E-state index contributed by atoms with van der Waals surface area (Å²) in [6.07, 6.45) is 1.46. The summed E-state index contributed by atoms with van der Waals surface area (Å²) in [5.74, 6) is 1.08. The number of aliphatic imine (C=N–C) groups is 1. The Hall–Kier alpha value is -3.36. The van der Waals surface area contributed by atoms with E-state index in [1.54, 1.807) is 7.11 Å². The number of nitrogens with two attached hydrogens (primary N) is 1. The zero-order chi connectivity index (χ0) is 18.5. The summed E-state index contributed by atoms with van der Waals surface area (Å²) in [5.41, 5.74) is 7.00. The normalized spacial score (nSPS) is 15.0. The van der Waals surface area contributed by atoms with Gasteiger partial charge in [0.05, 0.1) is 12.0 Å². The molecular weight excluding hydrogens is 336 g/mol. The number of guanidine groups is 1. The van der Waals surface area contributed by atoms with Gasteiger partial charge >= 0.3 is 5.69 Å². The Kier molecular flexibility index (Phi) is 5.16. The van der Waals surface area contributed by atoms with Gasteiger partial charge in [-0.05, 0) is 30.3 Å². The Morgan fingerprint density at radius 2 is 1.92 bits per heavy atom. The highest BCUT2D eigenvalue weighted by atomic mass is 16.6. The highest BCUT2D eigenvalue weighted by Gasteiger charge is 2.20. The van der Waals surface area contributed by atoms with Crippen molar-refractivity contribution in [2.45, 2.75) is 0 Å². The van der Waals surface area contributed by atoms with Crippen LogP contribution in [0, 0.1) is 10.1 Å². The van der Waals surface area contributed by atoms with Crippen molar-refractivity contribution >= 4 is 23.2 Å². The van der Waals surface area contributed by atoms with Crippen LogP contribution in [0.4, 0.5) is 17.2 Å². The molecule has 3 rings (SSSR count). The quantitative estimate of drug-likeness (QED) is 0.385. The average molecular weight is 356 g/mol. The minimum absolute atomic E-state index is 0.0209. The van der Waals surface area contributed by atoms with Crippen molar-refractivity contribution < 1.29 is 9.66 Å². The lowest BCUT2D eigenvalue weighted by Crippen LogP contribution is -2.51. The molecule has 0 saturated carbocycles. The van der Waals surface area contributed by atoms with E-state index in [0.29, 0.717) is 13.1 Å². The molecule has 0 amide bonds. The van der Waals surface area contributed by atoms with Gasteiger partial charge in [0.2, 0.25) is 5.82 Å². The molecule has 0 aliphatic carbocycles. The number of nitrogens with zero attached hydrogens (tertiary/aromatic N) is 5. The van der Waals surface area contributed by atoms with Gasteiger partial charge in [0.1, 0.15) is 5.75 Å². The number of benzene rings is 1. The predicted molar refractivity (Wildman–Crippen MR) is 99.0 cm³/mol. The number of ether oxygens (including phenoxy) is 1. The second-order valence-electron chi connectivity index (χ2n) is 5.75. The minimum atomic E-state index is -0.513. The fraction of sp³-hybridized carbons (Fsp3) is 0.294. The smallest absolute Gasteiger partial charge is 0.313 e. The van der Waals surface area contributed by atoms with Crippen LogP contribution in [-0.4, -0.2) is 54.1 Å². The van der Waals surface area contributed by atoms with Crippen LogP contribution in [0.25, 0.3) is 0 Å². The minimum Gasteiger partial charge on any atom is -0.497 e. The molecule has 0 spiro atoms. The molecule has 0 atom stereocenters. The third-order valence-corrected chi connectivity index (χ3v) is 4.22. The van der Waals surface area contributed by atoms with Crippen molar-refractivity contribution in [1.82, 2.24) is 9.88 Å². The summed E-state index contributed by atoms with van der Waals surface area (Å²) in [6.45, 7) is 2.88. The molecule has 26 heavy (non-hydrogen) atoms. The highest BCUT2D eigenvalue weighted by Crippen LogP contribution is 2.24. The molecule has 1 aromatic heterocycles. The molecule has 9 nitrogen and oxygen atoms in total. The third-order valence-electron chi connectivity index (χ3n) is 4.22. The summed E-state index contributed by atoms with van der Waals surface area (Å²) in [4.78, 5) is 22.8. The van der Waals surface area contributed by atoms with Crippen LogP contribution in [0.3, 0.4) is 0 Å². The number of piperazine rings is 1. The highest BCUT2D eigenvalue weighted by molar-refractivity contribution is 5.82. The first kappa shape index (κ1) is 17.5. The van der Waals surface area contributed by atoms with Crippen molar-refractivity contribution in [3.63, 3.8) is 0 Å². The van der Waals surface area contributed by atoms with E-state index in [4.69, 9.17) is 10.5 Å². The second kappa shape index (κ2) is 7.68. The molecule has 1 fully saturated rings. The number of hydrogen-bond donors (Lipinski definition) is 1. The molecule has 0 bridgehead atoms. The molecule has 9 heteroatoms. The topological polar surface area (TPSA) is 110 Å². The van der Waals surface area contributed by atoms with E-state index in [1.165, 1.54) is 18.3 Å². The number of aromatic nitrogens is 1. The summed E-state index contributed by atoms with van der Waals surface area (Å²) in [7, 11) is 1.64. The van der Waals surface area contributed by atoms with Gasteiger partial charge in [0, 0.05) is 44.1 Å². The number of hydrogen-bond acceptors (Lipinski definition) is 6. The Morgan fingerprint density at radius 1 is 1.23 bits per heavy atom. The summed E-state index contributed by atoms with van der Waals surface area (Å²) >= 11 is 0. The Balaban J connectivity index is 1.66. The van der Waals surface area contributed by atoms with Crippen LogP contribution >= 0.6 is 0 Å². The lowest BCUT2D eigenvalue weighted by atomic mass is 10.2. The average Bonchev–Trinajstić information content (AvgIpc) is 2.68. The maximum atomic E-state index is 11.1. The third kappa shape index (κ3) is 3.82. The molecule has 1 aliphatic heterocycles. The van der Waals surface area contributed by atoms with E-state index < -0.39 is 4.92 Å². The monoisotopic (exact) mass is 356 g/mol. The van der Waals surface area contributed by atoms with E-state index in [1.807, 2.05) is 29.2 Å². The summed E-state index contributed by atoms with van der Waals surface area (Å²) in [5, 5.41) is 11.1. The van der Waals surface area contributed by atoms with Gasteiger partial charge < -0.3 is 20.3 Å². The molecule has 2 heterocycles. The zero-order valence-corrected chi connectivity index (χ0v) is 14.4. The largest absolute Gasteiger partial charge is 0.497 e. The maximum Gasteiger partial charge on any atom is 0.313 e. The van der Waals surface area contributed by atoms with Gasteiger partial charge in [0.15, 0.2) is 5.96 Å². The van der Waals surface area contributed by atoms with Crippen LogP contribution < -0.4 is 15.4 Å². The molecule has 0 radical (unpaired) electrons. The molecular formula is C17H20N6O3. The van der Waals surface area contributed by atoms with Gasteiger partial charge in [0.25, 0.3) is 0 Å². The predicted octanol–water partition coefficient (Wildman–Crippen LogP) is 1.77. The van der Waals surface area contributed by atoms with Crippen molar-refractivity contribution in [3.05, 3.63) is 52.7 Å². The van der Waals surface area contributed by atoms with E-state index in [2.05, 4.69) is 14.9 Å². The first-order valence-electron chi connectivity index (χ1n) is 8.16. The van der Waals surface area contributed by atoms with Gasteiger partial charge in [-0.2, -0.15) is 4.99 Å². The van der Waals surface area contributed by atoms with Crippen LogP contribution in [0.1, 0.15) is 0 Å². The number of nitro groups is 1. The van der Waals surface area contributed by atoms with E-state index >= 15 is 0 Å². The summed E-state index contributed by atoms with van der Waals surface area (Å²) < 4.78 is 5.18. The molecule has 0 unspecified atom stereocenters. The molecule has 2 aromatic rings. The van der Waals surface area contributed by atoms with Gasteiger partial charge in [-0.1, -0.05) is 0 Å². The second-order valence-corrected chi connectivity index (χ2v) is 5.75. The van der Waals surface area contributed by atoms with Crippen LogP contribution in [0.5, 0.6) is 5.75 Å². The number of pyridine rings is 1. The van der Waals surface area contributed by atoms with Crippen LogP contribution in [0.2, 0.25) is 0 Å². The van der Waals surface area contributed by atoms with E-state index in [0.717, 1.165) is 24.5 Å². The van der Waals surface area contributed by atoms with Gasteiger partial charge in [-0.15, -0.1) is 0 Å². The Bertz CT molecular complexity index is 800. The SMILES string of the molecule is COc1ccc(N2CCN(/C(N)=N/c3ncccc3[N+](=O)[O-])CC2)cc1. The number of rotatable bonds is 4.